The average Bonchev–Trinajstić information content (AvgIpc) is 3.18. The summed E-state index contributed by atoms with van der Waals surface area (Å²) in [6.07, 6.45) is 6.79. The van der Waals surface area contributed by atoms with Crippen molar-refractivity contribution in [2.45, 2.75) is 19.3 Å². The van der Waals surface area contributed by atoms with Crippen LogP contribution in [-0.4, -0.2) is 63.3 Å². The van der Waals surface area contributed by atoms with Gasteiger partial charge >= 0.3 is 0 Å². The molecule has 0 atom stereocenters. The first kappa shape index (κ1) is 19.5. The predicted octanol–water partition coefficient (Wildman–Crippen LogP) is 3.21. The summed E-state index contributed by atoms with van der Waals surface area (Å²) in [6.45, 7) is 3.39. The highest BCUT2D eigenvalue weighted by atomic mass is 79.9. The number of likely N-dealkylation sites (tertiary alicyclic amines) is 1. The molecule has 0 aliphatic carbocycles. The van der Waals surface area contributed by atoms with Gasteiger partial charge in [-0.15, -0.1) is 0 Å². The van der Waals surface area contributed by atoms with Crippen LogP contribution in [0.2, 0.25) is 0 Å². The highest BCUT2D eigenvalue weighted by Gasteiger charge is 2.30. The number of aliphatic hydroxyl groups is 1. The zero-order valence-corrected chi connectivity index (χ0v) is 18.3. The molecule has 0 bridgehead atoms. The molecule has 5 heterocycles. The van der Waals surface area contributed by atoms with Crippen molar-refractivity contribution in [3.63, 3.8) is 0 Å². The minimum Gasteiger partial charge on any atom is -0.396 e. The molecule has 2 aliphatic rings. The molecule has 1 amide bonds. The molecule has 156 valence electrons. The normalized spacial score (nSPS) is 17.4. The number of aliphatic hydroxyl groups excluding tert-OH is 1. The fourth-order valence-corrected chi connectivity index (χ4v) is 4.71. The first-order valence-electron chi connectivity index (χ1n) is 10.4. The molecule has 5 rings (SSSR count). The number of nitrogens with zero attached hydrogens (tertiary/aromatic N) is 5. The van der Waals surface area contributed by atoms with Crippen molar-refractivity contribution in [2.75, 3.05) is 37.7 Å². The van der Waals surface area contributed by atoms with Gasteiger partial charge < -0.3 is 14.9 Å². The second-order valence-electron chi connectivity index (χ2n) is 8.10. The van der Waals surface area contributed by atoms with E-state index >= 15 is 0 Å². The van der Waals surface area contributed by atoms with Crippen molar-refractivity contribution in [1.82, 2.24) is 19.5 Å². The first-order valence-corrected chi connectivity index (χ1v) is 11.2. The van der Waals surface area contributed by atoms with Gasteiger partial charge in [0.2, 0.25) is 0 Å². The SMILES string of the molecule is O=C(c1cnn2c(-c3cc(Br)cnc3N3CC(CO)C3)cccc12)N1CCCCC1. The lowest BCUT2D eigenvalue weighted by Crippen LogP contribution is -2.49. The highest BCUT2D eigenvalue weighted by Crippen LogP contribution is 2.35. The maximum Gasteiger partial charge on any atom is 0.257 e. The predicted molar refractivity (Wildman–Crippen MR) is 119 cm³/mol. The summed E-state index contributed by atoms with van der Waals surface area (Å²) in [5.41, 5.74) is 3.30. The Labute approximate surface area is 183 Å². The number of anilines is 1. The molecule has 0 spiro atoms. The van der Waals surface area contributed by atoms with Gasteiger partial charge in [0, 0.05) is 54.9 Å². The summed E-state index contributed by atoms with van der Waals surface area (Å²) >= 11 is 3.54. The maximum absolute atomic E-state index is 13.1. The quantitative estimate of drug-likeness (QED) is 0.634. The van der Waals surface area contributed by atoms with E-state index < -0.39 is 0 Å². The Balaban J connectivity index is 1.55. The maximum atomic E-state index is 13.1. The van der Waals surface area contributed by atoms with Crippen molar-refractivity contribution in [3.8, 4) is 11.3 Å². The van der Waals surface area contributed by atoms with Crippen LogP contribution < -0.4 is 4.90 Å². The standard InChI is InChI=1S/C22H24BrN5O2/c23-16-9-17(21(24-10-16)27-12-15(13-27)14-29)19-5-4-6-20-18(11-25-28(19)20)22(30)26-7-2-1-3-8-26/h4-6,9-11,15,29H,1-3,7-8,12-14H2. The first-order chi connectivity index (χ1) is 14.7. The van der Waals surface area contributed by atoms with E-state index in [-0.39, 0.29) is 18.4 Å². The Morgan fingerprint density at radius 2 is 1.97 bits per heavy atom. The fraction of sp³-hybridized carbons (Fsp3) is 0.409. The molecule has 2 saturated heterocycles. The molecule has 8 heteroatoms. The Morgan fingerprint density at radius 3 is 2.73 bits per heavy atom. The molecular weight excluding hydrogens is 446 g/mol. The highest BCUT2D eigenvalue weighted by molar-refractivity contribution is 9.10. The van der Waals surface area contributed by atoms with Gasteiger partial charge in [0.1, 0.15) is 5.82 Å². The minimum absolute atomic E-state index is 0.0583. The molecular formula is C22H24BrN5O2. The number of carbonyl (C=O) groups is 1. The largest absolute Gasteiger partial charge is 0.396 e. The average molecular weight is 470 g/mol. The fourth-order valence-electron chi connectivity index (χ4n) is 4.38. The van der Waals surface area contributed by atoms with Gasteiger partial charge in [-0.1, -0.05) is 6.07 Å². The van der Waals surface area contributed by atoms with E-state index in [0.717, 1.165) is 66.1 Å². The van der Waals surface area contributed by atoms with Crippen LogP contribution in [0.3, 0.4) is 0 Å². The Morgan fingerprint density at radius 1 is 1.17 bits per heavy atom. The molecule has 0 radical (unpaired) electrons. The van der Waals surface area contributed by atoms with Crippen molar-refractivity contribution >= 4 is 33.2 Å². The van der Waals surface area contributed by atoms with Crippen LogP contribution in [-0.2, 0) is 0 Å². The summed E-state index contributed by atoms with van der Waals surface area (Å²) in [6, 6.07) is 7.96. The molecule has 0 saturated carbocycles. The topological polar surface area (TPSA) is 74.0 Å². The zero-order valence-electron chi connectivity index (χ0n) is 16.7. The molecule has 7 nitrogen and oxygen atoms in total. The Kier molecular flexibility index (Phi) is 5.20. The lowest BCUT2D eigenvalue weighted by molar-refractivity contribution is 0.0726. The van der Waals surface area contributed by atoms with Gasteiger partial charge in [0.05, 0.1) is 23.0 Å². The molecule has 3 aromatic heterocycles. The smallest absolute Gasteiger partial charge is 0.257 e. The van der Waals surface area contributed by atoms with Crippen LogP contribution in [0.25, 0.3) is 16.8 Å². The second-order valence-corrected chi connectivity index (χ2v) is 9.01. The van der Waals surface area contributed by atoms with Gasteiger partial charge in [-0.05, 0) is 53.4 Å². The van der Waals surface area contributed by atoms with Crippen LogP contribution in [0.4, 0.5) is 5.82 Å². The second kappa shape index (κ2) is 8.00. The number of hydrogen-bond donors (Lipinski definition) is 1. The van der Waals surface area contributed by atoms with Crippen LogP contribution >= 0.6 is 15.9 Å². The lowest BCUT2D eigenvalue weighted by Gasteiger charge is -2.40. The number of fused-ring (bicyclic) bond motifs is 1. The number of hydrogen-bond acceptors (Lipinski definition) is 5. The third-order valence-electron chi connectivity index (χ3n) is 6.04. The monoisotopic (exact) mass is 469 g/mol. The van der Waals surface area contributed by atoms with Gasteiger partial charge in [-0.25, -0.2) is 9.50 Å². The summed E-state index contributed by atoms with van der Waals surface area (Å²) in [5, 5.41) is 14.0. The molecule has 0 unspecified atom stereocenters. The third kappa shape index (κ3) is 3.37. The van der Waals surface area contributed by atoms with Crippen molar-refractivity contribution < 1.29 is 9.90 Å². The van der Waals surface area contributed by atoms with Crippen LogP contribution in [0, 0.1) is 5.92 Å². The van der Waals surface area contributed by atoms with E-state index in [4.69, 9.17) is 0 Å². The number of pyridine rings is 2. The van der Waals surface area contributed by atoms with Crippen molar-refractivity contribution in [1.29, 1.82) is 0 Å². The van der Waals surface area contributed by atoms with E-state index in [2.05, 4.69) is 30.9 Å². The summed E-state index contributed by atoms with van der Waals surface area (Å²) in [4.78, 5) is 21.9. The molecule has 0 aromatic carbocycles. The van der Waals surface area contributed by atoms with Crippen LogP contribution in [0.15, 0.2) is 41.1 Å². The molecule has 1 N–H and O–H groups in total. The number of carbonyl (C=O) groups excluding carboxylic acids is 1. The number of rotatable bonds is 4. The van der Waals surface area contributed by atoms with Crippen molar-refractivity contribution in [3.05, 3.63) is 46.7 Å². The summed E-state index contributed by atoms with van der Waals surface area (Å²) < 4.78 is 2.72. The molecule has 2 fully saturated rings. The Bertz CT molecular complexity index is 1090. The number of piperidine rings is 1. The molecule has 2 aliphatic heterocycles. The summed E-state index contributed by atoms with van der Waals surface area (Å²) in [7, 11) is 0. The van der Waals surface area contributed by atoms with Gasteiger partial charge in [-0.2, -0.15) is 5.10 Å². The third-order valence-corrected chi connectivity index (χ3v) is 6.47. The lowest BCUT2D eigenvalue weighted by atomic mass is 10.00. The number of aromatic nitrogens is 3. The van der Waals surface area contributed by atoms with Crippen LogP contribution in [0.5, 0.6) is 0 Å². The van der Waals surface area contributed by atoms with E-state index in [1.165, 1.54) is 6.42 Å². The van der Waals surface area contributed by atoms with Gasteiger partial charge in [-0.3, -0.25) is 4.79 Å². The van der Waals surface area contributed by atoms with E-state index in [1.54, 1.807) is 12.4 Å². The molecule has 3 aromatic rings. The number of halogens is 1. The van der Waals surface area contributed by atoms with E-state index in [9.17, 15) is 9.90 Å². The summed E-state index contributed by atoms with van der Waals surface area (Å²) in [5.74, 6) is 1.22. The van der Waals surface area contributed by atoms with Gasteiger partial charge in [0.15, 0.2) is 0 Å². The van der Waals surface area contributed by atoms with E-state index in [1.807, 2.05) is 33.7 Å². The Hall–Kier alpha value is -2.45. The zero-order chi connectivity index (χ0) is 20.7. The molecule has 30 heavy (non-hydrogen) atoms. The van der Waals surface area contributed by atoms with Crippen LogP contribution in [0.1, 0.15) is 29.6 Å². The van der Waals surface area contributed by atoms with Gasteiger partial charge in [0.25, 0.3) is 5.91 Å². The number of amides is 1. The van der Waals surface area contributed by atoms with Crippen molar-refractivity contribution in [2.24, 2.45) is 5.92 Å². The van der Waals surface area contributed by atoms with E-state index in [0.29, 0.717) is 5.56 Å². The minimum atomic E-state index is 0.0583.